The zero-order chi connectivity index (χ0) is 19.8. The van der Waals surface area contributed by atoms with Crippen LogP contribution in [0.5, 0.6) is 5.75 Å². The third-order valence-electron chi connectivity index (χ3n) is 4.50. The summed E-state index contributed by atoms with van der Waals surface area (Å²) in [6.07, 6.45) is 3.46. The number of nitrogens with zero attached hydrogens (tertiary/aromatic N) is 2. The first-order chi connectivity index (χ1) is 13.4. The van der Waals surface area contributed by atoms with Gasteiger partial charge < -0.3 is 9.15 Å². The van der Waals surface area contributed by atoms with E-state index in [1.807, 2.05) is 36.5 Å². The van der Waals surface area contributed by atoms with Gasteiger partial charge in [0.05, 0.1) is 22.8 Å². The smallest absolute Gasteiger partial charge is 0.308 e. The van der Waals surface area contributed by atoms with Gasteiger partial charge in [-0.2, -0.15) is 5.10 Å². The van der Waals surface area contributed by atoms with E-state index in [0.29, 0.717) is 39.2 Å². The standard InChI is InChI=1S/C22H18N2O4/c1-13-9-18(28-15(3)25)10-19-20(13)22(26)21(14(2)27-19)16-11-23-24(12-16)17-7-5-4-6-8-17/h4-12H,1-3H3. The van der Waals surface area contributed by atoms with E-state index in [4.69, 9.17) is 9.15 Å². The Kier molecular flexibility index (Phi) is 4.31. The van der Waals surface area contributed by atoms with Crippen molar-refractivity contribution in [3.05, 3.63) is 76.4 Å². The summed E-state index contributed by atoms with van der Waals surface area (Å²) in [6, 6.07) is 12.9. The Morgan fingerprint density at radius 1 is 1.14 bits per heavy atom. The number of benzene rings is 2. The Morgan fingerprint density at radius 3 is 2.61 bits per heavy atom. The van der Waals surface area contributed by atoms with Crippen molar-refractivity contribution in [2.45, 2.75) is 20.8 Å². The SMILES string of the molecule is CC(=O)Oc1cc(C)c2c(=O)c(-c3cnn(-c4ccccc4)c3)c(C)oc2c1. The molecular weight excluding hydrogens is 356 g/mol. The minimum absolute atomic E-state index is 0.141. The van der Waals surface area contributed by atoms with E-state index >= 15 is 0 Å². The van der Waals surface area contributed by atoms with Gasteiger partial charge in [0.2, 0.25) is 5.43 Å². The molecule has 0 saturated heterocycles. The zero-order valence-electron chi connectivity index (χ0n) is 15.7. The maximum Gasteiger partial charge on any atom is 0.308 e. The lowest BCUT2D eigenvalue weighted by Gasteiger charge is -2.09. The molecule has 2 aromatic heterocycles. The van der Waals surface area contributed by atoms with Crippen LogP contribution in [0, 0.1) is 13.8 Å². The minimum Gasteiger partial charge on any atom is -0.460 e. The molecule has 0 aliphatic carbocycles. The quantitative estimate of drug-likeness (QED) is 0.397. The van der Waals surface area contributed by atoms with E-state index < -0.39 is 5.97 Å². The van der Waals surface area contributed by atoms with Crippen molar-refractivity contribution in [3.8, 4) is 22.6 Å². The van der Waals surface area contributed by atoms with Gasteiger partial charge in [-0.25, -0.2) is 4.68 Å². The average Bonchev–Trinajstić information content (AvgIpc) is 3.11. The molecule has 2 heterocycles. The highest BCUT2D eigenvalue weighted by Gasteiger charge is 2.18. The zero-order valence-corrected chi connectivity index (χ0v) is 15.7. The highest BCUT2D eigenvalue weighted by Crippen LogP contribution is 2.29. The summed E-state index contributed by atoms with van der Waals surface area (Å²) in [5.41, 5.74) is 2.98. The first-order valence-corrected chi connectivity index (χ1v) is 8.81. The fourth-order valence-electron chi connectivity index (χ4n) is 3.33. The van der Waals surface area contributed by atoms with Gasteiger partial charge in [0, 0.05) is 24.8 Å². The number of para-hydroxylation sites is 1. The number of aromatic nitrogens is 2. The van der Waals surface area contributed by atoms with E-state index in [-0.39, 0.29) is 5.43 Å². The molecule has 4 rings (SSSR count). The van der Waals surface area contributed by atoms with Crippen molar-refractivity contribution in [1.82, 2.24) is 9.78 Å². The third kappa shape index (κ3) is 3.09. The molecule has 2 aromatic carbocycles. The molecule has 6 heteroatoms. The predicted octanol–water partition coefficient (Wildman–Crippen LogP) is 4.19. The average molecular weight is 374 g/mol. The maximum atomic E-state index is 13.2. The van der Waals surface area contributed by atoms with Crippen LogP contribution in [0.15, 0.2) is 64.1 Å². The van der Waals surface area contributed by atoms with Crippen LogP contribution in [0.25, 0.3) is 27.8 Å². The van der Waals surface area contributed by atoms with E-state index in [0.717, 1.165) is 5.69 Å². The summed E-state index contributed by atoms with van der Waals surface area (Å²) >= 11 is 0. The second kappa shape index (κ2) is 6.81. The number of ether oxygens (including phenoxy) is 1. The van der Waals surface area contributed by atoms with Gasteiger partial charge >= 0.3 is 5.97 Å². The largest absolute Gasteiger partial charge is 0.460 e. The summed E-state index contributed by atoms with van der Waals surface area (Å²) in [6.45, 7) is 4.86. The second-order valence-electron chi connectivity index (χ2n) is 6.58. The molecule has 4 aromatic rings. The van der Waals surface area contributed by atoms with E-state index in [9.17, 15) is 9.59 Å². The third-order valence-corrected chi connectivity index (χ3v) is 4.50. The highest BCUT2D eigenvalue weighted by atomic mass is 16.5. The van der Waals surface area contributed by atoms with Crippen molar-refractivity contribution < 1.29 is 13.9 Å². The molecule has 0 aliphatic heterocycles. The van der Waals surface area contributed by atoms with Crippen molar-refractivity contribution in [1.29, 1.82) is 0 Å². The number of rotatable bonds is 3. The number of esters is 1. The summed E-state index contributed by atoms with van der Waals surface area (Å²) in [7, 11) is 0. The molecular formula is C22H18N2O4. The highest BCUT2D eigenvalue weighted by molar-refractivity contribution is 5.87. The topological polar surface area (TPSA) is 74.3 Å². The Hall–Kier alpha value is -3.67. The Morgan fingerprint density at radius 2 is 1.89 bits per heavy atom. The first-order valence-electron chi connectivity index (χ1n) is 8.81. The second-order valence-corrected chi connectivity index (χ2v) is 6.58. The van der Waals surface area contributed by atoms with Gasteiger partial charge in [0.15, 0.2) is 0 Å². The summed E-state index contributed by atoms with van der Waals surface area (Å²) in [5.74, 6) is 0.400. The van der Waals surface area contributed by atoms with Crippen LogP contribution >= 0.6 is 0 Å². The molecule has 0 fully saturated rings. The minimum atomic E-state index is -0.428. The van der Waals surface area contributed by atoms with Crippen molar-refractivity contribution in [3.63, 3.8) is 0 Å². The Labute approximate surface area is 161 Å². The number of hydrogen-bond donors (Lipinski definition) is 0. The Balaban J connectivity index is 1.87. The normalized spacial score (nSPS) is 11.0. The van der Waals surface area contributed by atoms with E-state index in [1.165, 1.54) is 6.92 Å². The van der Waals surface area contributed by atoms with Crippen LogP contribution in [-0.2, 0) is 4.79 Å². The number of fused-ring (bicyclic) bond motifs is 1. The van der Waals surface area contributed by atoms with Gasteiger partial charge in [0.25, 0.3) is 0 Å². The molecule has 0 bridgehead atoms. The van der Waals surface area contributed by atoms with Crippen LogP contribution in [-0.4, -0.2) is 15.7 Å². The van der Waals surface area contributed by atoms with Crippen LogP contribution in [0.2, 0.25) is 0 Å². The van der Waals surface area contributed by atoms with E-state index in [2.05, 4.69) is 5.10 Å². The molecule has 0 amide bonds. The van der Waals surface area contributed by atoms with Crippen molar-refractivity contribution in [2.75, 3.05) is 0 Å². The van der Waals surface area contributed by atoms with Gasteiger partial charge in [-0.15, -0.1) is 0 Å². The molecule has 28 heavy (non-hydrogen) atoms. The fourth-order valence-corrected chi connectivity index (χ4v) is 3.33. The Bertz CT molecular complexity index is 1250. The molecule has 0 aliphatic rings. The van der Waals surface area contributed by atoms with Gasteiger partial charge in [-0.05, 0) is 37.6 Å². The fraction of sp³-hybridized carbons (Fsp3) is 0.136. The van der Waals surface area contributed by atoms with Crippen LogP contribution in [0.1, 0.15) is 18.2 Å². The molecule has 0 N–H and O–H groups in total. The van der Waals surface area contributed by atoms with Gasteiger partial charge in [-0.3, -0.25) is 9.59 Å². The maximum absolute atomic E-state index is 13.2. The van der Waals surface area contributed by atoms with Gasteiger partial charge in [0.1, 0.15) is 17.1 Å². The number of carbonyl (C=O) groups excluding carboxylic acids is 1. The summed E-state index contributed by atoms with van der Waals surface area (Å²) in [5, 5.41) is 4.83. The number of carbonyl (C=O) groups is 1. The summed E-state index contributed by atoms with van der Waals surface area (Å²) < 4.78 is 12.8. The van der Waals surface area contributed by atoms with Crippen molar-refractivity contribution >= 4 is 16.9 Å². The van der Waals surface area contributed by atoms with Crippen molar-refractivity contribution in [2.24, 2.45) is 0 Å². The molecule has 0 radical (unpaired) electrons. The molecule has 140 valence electrons. The molecule has 0 saturated carbocycles. The molecule has 0 unspecified atom stereocenters. The predicted molar refractivity (Wildman–Crippen MR) is 106 cm³/mol. The van der Waals surface area contributed by atoms with Gasteiger partial charge in [-0.1, -0.05) is 18.2 Å². The summed E-state index contributed by atoms with van der Waals surface area (Å²) in [4.78, 5) is 24.5. The number of aryl methyl sites for hydroxylation is 2. The number of hydrogen-bond acceptors (Lipinski definition) is 5. The first kappa shape index (κ1) is 17.7. The molecule has 6 nitrogen and oxygen atoms in total. The lowest BCUT2D eigenvalue weighted by Crippen LogP contribution is -2.09. The molecule has 0 spiro atoms. The van der Waals surface area contributed by atoms with Crippen LogP contribution in [0.3, 0.4) is 0 Å². The van der Waals surface area contributed by atoms with Crippen LogP contribution in [0.4, 0.5) is 0 Å². The lowest BCUT2D eigenvalue weighted by atomic mass is 10.0. The molecule has 0 atom stereocenters. The lowest BCUT2D eigenvalue weighted by molar-refractivity contribution is -0.131. The van der Waals surface area contributed by atoms with E-state index in [1.54, 1.807) is 36.9 Å². The monoisotopic (exact) mass is 374 g/mol. The van der Waals surface area contributed by atoms with Crippen LogP contribution < -0.4 is 10.2 Å².